The van der Waals surface area contributed by atoms with E-state index in [4.69, 9.17) is 37.8 Å². The molecule has 51 heavy (non-hydrogen) atoms. The van der Waals surface area contributed by atoms with Gasteiger partial charge in [0.05, 0.1) is 11.7 Å². The maximum absolute atomic E-state index is 9.80. The van der Waals surface area contributed by atoms with E-state index in [0.29, 0.717) is 11.8 Å². The molecule has 0 bridgehead atoms. The van der Waals surface area contributed by atoms with E-state index < -0.39 is 0 Å². The molecule has 2 fully saturated rings. The number of hydrogen-bond donors (Lipinski definition) is 1. The van der Waals surface area contributed by atoms with E-state index >= 15 is 0 Å². The van der Waals surface area contributed by atoms with Crippen LogP contribution in [0.2, 0.25) is 0 Å². The number of alkyl halides is 2. The Morgan fingerprint density at radius 2 is 1.12 bits per heavy atom. The van der Waals surface area contributed by atoms with Crippen molar-refractivity contribution >= 4 is 29.3 Å². The summed E-state index contributed by atoms with van der Waals surface area (Å²) in [6.45, 7) is 33.0. The third-order valence-corrected chi connectivity index (χ3v) is 9.75. The first-order valence-corrected chi connectivity index (χ1v) is 19.7. The van der Waals surface area contributed by atoms with Gasteiger partial charge in [0.1, 0.15) is 6.10 Å². The van der Waals surface area contributed by atoms with Crippen molar-refractivity contribution in [2.24, 2.45) is 0 Å². The molecule has 6 nitrogen and oxygen atoms in total. The Morgan fingerprint density at radius 1 is 0.725 bits per heavy atom. The minimum absolute atomic E-state index is 0.0399. The number of nitrogens with zero attached hydrogens (tertiary/aromatic N) is 2. The molecule has 1 unspecified atom stereocenters. The maximum Gasteiger partial charge on any atom is 0.102 e. The van der Waals surface area contributed by atoms with Crippen LogP contribution in [0.15, 0.2) is 55.1 Å². The Morgan fingerprint density at radius 3 is 1.43 bits per heavy atom. The Bertz CT molecular complexity index is 1240. The van der Waals surface area contributed by atoms with Crippen LogP contribution in [0.25, 0.3) is 6.08 Å². The van der Waals surface area contributed by atoms with Gasteiger partial charge in [0.25, 0.3) is 0 Å². The lowest BCUT2D eigenvalue weighted by atomic mass is 9.82. The van der Waals surface area contributed by atoms with Crippen molar-refractivity contribution < 1.29 is 19.8 Å². The highest BCUT2D eigenvalue weighted by atomic mass is 35.5. The molecule has 2 saturated heterocycles. The summed E-state index contributed by atoms with van der Waals surface area (Å²) in [5.41, 5.74) is 4.50. The first-order chi connectivity index (χ1) is 23.4. The van der Waals surface area contributed by atoms with Crippen LogP contribution in [0.4, 0.5) is 0 Å². The molecule has 1 atom stereocenters. The molecule has 2 aromatic carbocycles. The van der Waals surface area contributed by atoms with Crippen molar-refractivity contribution in [2.45, 2.75) is 187 Å². The quantitative estimate of drug-likeness (QED) is 0.165. The summed E-state index contributed by atoms with van der Waals surface area (Å²) in [4.78, 5) is 16.3. The van der Waals surface area contributed by atoms with Crippen molar-refractivity contribution in [3.8, 4) is 0 Å². The molecule has 0 amide bonds. The Labute approximate surface area is 322 Å². The summed E-state index contributed by atoms with van der Waals surface area (Å²) in [6, 6.07) is 16.4. The highest BCUT2D eigenvalue weighted by Gasteiger charge is 2.43. The normalized spacial score (nSPS) is 20.0. The molecule has 1 N–H and O–H groups in total. The summed E-state index contributed by atoms with van der Waals surface area (Å²) < 4.78 is 0. The van der Waals surface area contributed by atoms with E-state index in [1.54, 1.807) is 0 Å². The van der Waals surface area contributed by atoms with Gasteiger partial charge in [-0.05, 0) is 158 Å². The van der Waals surface area contributed by atoms with Crippen LogP contribution in [0.3, 0.4) is 0 Å². The summed E-state index contributed by atoms with van der Waals surface area (Å²) >= 11 is 11.4. The van der Waals surface area contributed by atoms with Gasteiger partial charge in [-0.25, -0.2) is 9.78 Å². The van der Waals surface area contributed by atoms with Crippen molar-refractivity contribution in [3.63, 3.8) is 0 Å². The number of rotatable bonds is 8. The van der Waals surface area contributed by atoms with E-state index in [2.05, 4.69) is 98.2 Å². The van der Waals surface area contributed by atoms with Crippen LogP contribution >= 0.6 is 23.2 Å². The molecular weight excluding hydrogens is 679 g/mol. The topological polar surface area (TPSA) is 54.4 Å². The van der Waals surface area contributed by atoms with Crippen molar-refractivity contribution in [1.82, 2.24) is 10.1 Å². The lowest BCUT2D eigenvalue weighted by Gasteiger charge is -2.52. The highest BCUT2D eigenvalue weighted by Crippen LogP contribution is 2.40. The SMILES string of the molecule is C=Cc1ccc(CCl)cc1.CC(C)OOC(C)(C)C.CC(ON1C(C)(C)CCCC1(C)C)c1ccc(CCl)cc1.CC1(C)CCCC(C)(C)N1O. The number of piperidine rings is 2. The third kappa shape index (κ3) is 17.0. The summed E-state index contributed by atoms with van der Waals surface area (Å²) in [6.07, 6.45) is 9.02. The molecule has 0 saturated carbocycles. The molecule has 2 heterocycles. The molecule has 0 radical (unpaired) electrons. The zero-order valence-electron chi connectivity index (χ0n) is 34.5. The van der Waals surface area contributed by atoms with Gasteiger partial charge in [0.15, 0.2) is 0 Å². The second kappa shape index (κ2) is 20.8. The summed E-state index contributed by atoms with van der Waals surface area (Å²) in [5.74, 6) is 1.14. The molecule has 292 valence electrons. The molecule has 0 aromatic heterocycles. The van der Waals surface area contributed by atoms with E-state index in [1.165, 1.54) is 36.3 Å². The fourth-order valence-electron chi connectivity index (χ4n) is 6.33. The number of benzene rings is 2. The average Bonchev–Trinajstić information content (AvgIpc) is 3.05. The van der Waals surface area contributed by atoms with Gasteiger partial charge < -0.3 is 5.21 Å². The average molecular weight is 752 g/mol. The van der Waals surface area contributed by atoms with Crippen LogP contribution in [0.1, 0.15) is 164 Å². The largest absolute Gasteiger partial charge is 0.313 e. The molecule has 2 aromatic rings. The van der Waals surface area contributed by atoms with Gasteiger partial charge >= 0.3 is 0 Å². The first-order valence-electron chi connectivity index (χ1n) is 18.6. The zero-order valence-corrected chi connectivity index (χ0v) is 36.0. The summed E-state index contributed by atoms with van der Waals surface area (Å²) in [7, 11) is 0. The minimum Gasteiger partial charge on any atom is -0.313 e. The molecular formula is C43H72Cl2N2O4. The number of hydrogen-bond acceptors (Lipinski definition) is 6. The van der Waals surface area contributed by atoms with E-state index in [0.717, 1.165) is 29.5 Å². The van der Waals surface area contributed by atoms with Crippen LogP contribution < -0.4 is 0 Å². The molecule has 0 spiro atoms. The number of halogens is 2. The molecule has 0 aliphatic carbocycles. The van der Waals surface area contributed by atoms with Gasteiger partial charge in [-0.1, -0.05) is 61.2 Å². The Kier molecular flexibility index (Phi) is 19.4. The molecule has 2 aliphatic heterocycles. The molecule has 4 rings (SSSR count). The predicted molar refractivity (Wildman–Crippen MR) is 218 cm³/mol. The second-order valence-corrected chi connectivity index (χ2v) is 18.1. The highest BCUT2D eigenvalue weighted by molar-refractivity contribution is 6.17. The number of hydroxylamine groups is 4. The first kappa shape index (κ1) is 47.5. The smallest absolute Gasteiger partial charge is 0.102 e. The van der Waals surface area contributed by atoms with Gasteiger partial charge in [-0.15, -0.1) is 23.2 Å². The van der Waals surface area contributed by atoms with Crippen LogP contribution in [-0.4, -0.2) is 49.2 Å². The van der Waals surface area contributed by atoms with Crippen molar-refractivity contribution in [3.05, 3.63) is 77.4 Å². The molecule has 8 heteroatoms. The van der Waals surface area contributed by atoms with Gasteiger partial charge in [-0.2, -0.15) is 10.1 Å². The lowest BCUT2D eigenvalue weighted by molar-refractivity contribution is -0.367. The van der Waals surface area contributed by atoms with Gasteiger partial charge in [-0.3, -0.25) is 4.84 Å². The van der Waals surface area contributed by atoms with Crippen LogP contribution in [0.5, 0.6) is 0 Å². The van der Waals surface area contributed by atoms with Crippen molar-refractivity contribution in [1.29, 1.82) is 0 Å². The monoisotopic (exact) mass is 750 g/mol. The lowest BCUT2D eigenvalue weighted by Crippen LogP contribution is -2.58. The fourth-order valence-corrected chi connectivity index (χ4v) is 6.68. The van der Waals surface area contributed by atoms with Crippen LogP contribution in [-0.2, 0) is 26.4 Å². The second-order valence-electron chi connectivity index (χ2n) is 17.6. The Hall–Kier alpha value is -1.48. The van der Waals surface area contributed by atoms with Crippen LogP contribution in [0, 0.1) is 0 Å². The minimum atomic E-state index is -0.190. The third-order valence-electron chi connectivity index (χ3n) is 9.13. The van der Waals surface area contributed by atoms with Gasteiger partial charge in [0, 0.05) is 33.9 Å². The predicted octanol–water partition coefficient (Wildman–Crippen LogP) is 13.1. The van der Waals surface area contributed by atoms with E-state index in [1.807, 2.05) is 65.0 Å². The van der Waals surface area contributed by atoms with E-state index in [9.17, 15) is 5.21 Å². The molecule has 2 aliphatic rings. The fraction of sp³-hybridized carbons (Fsp3) is 0.674. The standard InChI is InChI=1S/C18H28ClNO.C9H9Cl.C9H19NO.C7H16O2/c1-14(16-9-7-15(13-19)8-10-16)21-20-17(2,3)11-6-12-18(20,4)5;1-2-8-3-5-9(7-10)6-4-8;1-8(2)6-5-7-9(3,4)10(8)11;1-6(2)8-9-7(3,4)5/h7-10,14H,6,11-13H2,1-5H3;2-6H,1,7H2;11H,5-7H2,1-4H3;6H,1-5H3. The summed E-state index contributed by atoms with van der Waals surface area (Å²) in [5, 5.41) is 13.5. The Balaban J connectivity index is 0.000000368. The van der Waals surface area contributed by atoms with Crippen molar-refractivity contribution in [2.75, 3.05) is 0 Å². The maximum atomic E-state index is 9.80. The van der Waals surface area contributed by atoms with Gasteiger partial charge in [0.2, 0.25) is 0 Å². The zero-order chi connectivity index (χ0) is 39.3. The van der Waals surface area contributed by atoms with E-state index in [-0.39, 0.29) is 40.0 Å².